The number of nitrogens with one attached hydrogen (secondary N) is 1. The molecule has 1 unspecified atom stereocenters. The Balaban J connectivity index is 1.82. The summed E-state index contributed by atoms with van der Waals surface area (Å²) in [7, 11) is 0. The number of carbonyl (C=O) groups is 1. The fourth-order valence-corrected chi connectivity index (χ4v) is 2.40. The van der Waals surface area contributed by atoms with Gasteiger partial charge in [0.15, 0.2) is 0 Å². The molecule has 0 aliphatic rings. The minimum absolute atomic E-state index is 0.0796. The third kappa shape index (κ3) is 4.03. The topological polar surface area (TPSA) is 120 Å². The Bertz CT molecular complexity index is 1030. The quantitative estimate of drug-likeness (QED) is 0.547. The predicted molar refractivity (Wildman–Crippen MR) is 98.2 cm³/mol. The maximum Gasteiger partial charge on any atom is 0.269 e. The number of pyridine rings is 1. The summed E-state index contributed by atoms with van der Waals surface area (Å²) in [6.45, 7) is 1.55. The SMILES string of the molecule is CC(C(=O)Nc1ccc([N+](=O)[O-])cc1)n1nc(-c2ccncc2)ccc1=O. The van der Waals surface area contributed by atoms with Crippen molar-refractivity contribution in [2.75, 3.05) is 5.32 Å². The van der Waals surface area contributed by atoms with Crippen LogP contribution in [0, 0.1) is 10.1 Å². The van der Waals surface area contributed by atoms with Gasteiger partial charge in [0, 0.05) is 41.8 Å². The molecule has 0 saturated heterocycles. The number of benzene rings is 1. The molecule has 0 bridgehead atoms. The van der Waals surface area contributed by atoms with Crippen LogP contribution in [0.3, 0.4) is 0 Å². The molecule has 2 heterocycles. The molecule has 1 aromatic carbocycles. The summed E-state index contributed by atoms with van der Waals surface area (Å²) in [5, 5.41) is 17.6. The number of aromatic nitrogens is 3. The Kier molecular flexibility index (Phi) is 5.02. The third-order valence-corrected chi connectivity index (χ3v) is 3.89. The first-order chi connectivity index (χ1) is 13.0. The molecule has 3 rings (SSSR count). The molecule has 0 fully saturated rings. The lowest BCUT2D eigenvalue weighted by atomic mass is 10.2. The fraction of sp³-hybridized carbons (Fsp3) is 0.111. The van der Waals surface area contributed by atoms with Crippen LogP contribution in [0.5, 0.6) is 0 Å². The van der Waals surface area contributed by atoms with E-state index < -0.39 is 22.4 Å². The maximum absolute atomic E-state index is 12.5. The highest BCUT2D eigenvalue weighted by Crippen LogP contribution is 2.18. The Morgan fingerprint density at radius 2 is 1.78 bits per heavy atom. The molecule has 9 heteroatoms. The molecule has 9 nitrogen and oxygen atoms in total. The summed E-state index contributed by atoms with van der Waals surface area (Å²) in [5.41, 5.74) is 1.19. The standard InChI is InChI=1S/C18H15N5O4/c1-12(18(25)20-14-2-4-15(5-3-14)23(26)27)22-17(24)7-6-16(21-22)13-8-10-19-11-9-13/h2-12H,1H3,(H,20,25). The van der Waals surface area contributed by atoms with Crippen molar-refractivity contribution in [1.82, 2.24) is 14.8 Å². The molecule has 2 aromatic heterocycles. The van der Waals surface area contributed by atoms with Gasteiger partial charge < -0.3 is 5.32 Å². The molecular weight excluding hydrogens is 350 g/mol. The van der Waals surface area contributed by atoms with Gasteiger partial charge in [0.2, 0.25) is 5.91 Å². The second-order valence-corrected chi connectivity index (χ2v) is 5.71. The van der Waals surface area contributed by atoms with E-state index >= 15 is 0 Å². The van der Waals surface area contributed by atoms with Gasteiger partial charge in [0.1, 0.15) is 6.04 Å². The van der Waals surface area contributed by atoms with Crippen LogP contribution >= 0.6 is 0 Å². The summed E-state index contributed by atoms with van der Waals surface area (Å²) >= 11 is 0. The Labute approximate surface area is 153 Å². The molecule has 1 atom stereocenters. The van der Waals surface area contributed by atoms with Crippen LogP contribution in [-0.2, 0) is 4.79 Å². The Morgan fingerprint density at radius 3 is 2.41 bits per heavy atom. The zero-order valence-electron chi connectivity index (χ0n) is 14.3. The zero-order valence-corrected chi connectivity index (χ0v) is 14.3. The van der Waals surface area contributed by atoms with Gasteiger partial charge >= 0.3 is 0 Å². The summed E-state index contributed by atoms with van der Waals surface area (Å²) in [5.74, 6) is -0.467. The molecule has 0 spiro atoms. The molecule has 0 radical (unpaired) electrons. The summed E-state index contributed by atoms with van der Waals surface area (Å²) < 4.78 is 1.09. The zero-order chi connectivity index (χ0) is 19.4. The van der Waals surface area contributed by atoms with E-state index in [-0.39, 0.29) is 5.69 Å². The minimum atomic E-state index is -0.880. The van der Waals surface area contributed by atoms with Gasteiger partial charge in [0.25, 0.3) is 11.2 Å². The van der Waals surface area contributed by atoms with E-state index in [4.69, 9.17) is 0 Å². The van der Waals surface area contributed by atoms with E-state index in [0.29, 0.717) is 11.4 Å². The van der Waals surface area contributed by atoms with E-state index in [1.807, 2.05) is 0 Å². The summed E-state index contributed by atoms with van der Waals surface area (Å²) in [6.07, 6.45) is 3.22. The highest BCUT2D eigenvalue weighted by atomic mass is 16.6. The number of nitro benzene ring substituents is 1. The predicted octanol–water partition coefficient (Wildman–Crippen LogP) is 2.41. The monoisotopic (exact) mass is 365 g/mol. The van der Waals surface area contributed by atoms with Crippen molar-refractivity contribution in [2.24, 2.45) is 0 Å². The highest BCUT2D eigenvalue weighted by molar-refractivity contribution is 5.93. The van der Waals surface area contributed by atoms with Crippen molar-refractivity contribution in [2.45, 2.75) is 13.0 Å². The van der Waals surface area contributed by atoms with Crippen LogP contribution in [-0.4, -0.2) is 25.6 Å². The van der Waals surface area contributed by atoms with Crippen LogP contribution in [0.4, 0.5) is 11.4 Å². The number of nitro groups is 1. The first-order valence-electron chi connectivity index (χ1n) is 8.01. The molecule has 0 aliphatic carbocycles. The lowest BCUT2D eigenvalue weighted by molar-refractivity contribution is -0.384. The van der Waals surface area contributed by atoms with E-state index in [2.05, 4.69) is 15.4 Å². The van der Waals surface area contributed by atoms with E-state index in [0.717, 1.165) is 10.2 Å². The Morgan fingerprint density at radius 1 is 1.11 bits per heavy atom. The third-order valence-electron chi connectivity index (χ3n) is 3.89. The minimum Gasteiger partial charge on any atom is -0.324 e. The molecule has 0 saturated carbocycles. The number of rotatable bonds is 5. The second-order valence-electron chi connectivity index (χ2n) is 5.71. The van der Waals surface area contributed by atoms with Crippen LogP contribution in [0.15, 0.2) is 65.7 Å². The van der Waals surface area contributed by atoms with Crippen LogP contribution in [0.2, 0.25) is 0 Å². The smallest absolute Gasteiger partial charge is 0.269 e. The molecule has 136 valence electrons. The van der Waals surface area contributed by atoms with Gasteiger partial charge in [-0.1, -0.05) is 0 Å². The second kappa shape index (κ2) is 7.56. The van der Waals surface area contributed by atoms with Gasteiger partial charge in [-0.15, -0.1) is 0 Å². The molecule has 0 aliphatic heterocycles. The number of nitrogens with zero attached hydrogens (tertiary/aromatic N) is 4. The first kappa shape index (κ1) is 17.9. The number of amides is 1. The van der Waals surface area contributed by atoms with Crippen LogP contribution in [0.1, 0.15) is 13.0 Å². The van der Waals surface area contributed by atoms with Gasteiger partial charge in [-0.25, -0.2) is 4.68 Å². The lowest BCUT2D eigenvalue weighted by Gasteiger charge is -2.15. The molecule has 3 aromatic rings. The van der Waals surface area contributed by atoms with Crippen molar-refractivity contribution in [3.8, 4) is 11.3 Å². The van der Waals surface area contributed by atoms with Crippen LogP contribution in [0.25, 0.3) is 11.3 Å². The lowest BCUT2D eigenvalue weighted by Crippen LogP contribution is -2.33. The molecular formula is C18H15N5O4. The van der Waals surface area contributed by atoms with Gasteiger partial charge in [-0.05, 0) is 37.3 Å². The highest BCUT2D eigenvalue weighted by Gasteiger charge is 2.18. The molecule has 1 amide bonds. The van der Waals surface area contributed by atoms with Crippen molar-refractivity contribution >= 4 is 17.3 Å². The van der Waals surface area contributed by atoms with E-state index in [1.165, 1.54) is 30.3 Å². The van der Waals surface area contributed by atoms with Crippen molar-refractivity contribution < 1.29 is 9.72 Å². The number of carbonyl (C=O) groups excluding carboxylic acids is 1. The Hall–Kier alpha value is -3.88. The summed E-state index contributed by atoms with van der Waals surface area (Å²) in [6, 6.07) is 11.0. The normalized spacial score (nSPS) is 11.6. The van der Waals surface area contributed by atoms with Crippen LogP contribution < -0.4 is 10.9 Å². The number of non-ortho nitro benzene ring substituents is 1. The van der Waals surface area contributed by atoms with Gasteiger partial charge in [0.05, 0.1) is 10.6 Å². The molecule has 27 heavy (non-hydrogen) atoms. The summed E-state index contributed by atoms with van der Waals surface area (Å²) in [4.78, 5) is 38.7. The maximum atomic E-state index is 12.5. The fourth-order valence-electron chi connectivity index (χ4n) is 2.40. The number of hydrogen-bond acceptors (Lipinski definition) is 6. The van der Waals surface area contributed by atoms with E-state index in [1.54, 1.807) is 37.5 Å². The van der Waals surface area contributed by atoms with Gasteiger partial charge in [-0.2, -0.15) is 5.10 Å². The van der Waals surface area contributed by atoms with Gasteiger partial charge in [-0.3, -0.25) is 24.7 Å². The van der Waals surface area contributed by atoms with Crippen molar-refractivity contribution in [3.63, 3.8) is 0 Å². The largest absolute Gasteiger partial charge is 0.324 e. The van der Waals surface area contributed by atoms with Crippen molar-refractivity contribution in [1.29, 1.82) is 0 Å². The number of hydrogen-bond donors (Lipinski definition) is 1. The average molecular weight is 365 g/mol. The number of anilines is 1. The first-order valence-corrected chi connectivity index (χ1v) is 8.01. The average Bonchev–Trinajstić information content (AvgIpc) is 2.69. The van der Waals surface area contributed by atoms with E-state index in [9.17, 15) is 19.7 Å². The van der Waals surface area contributed by atoms with Crippen molar-refractivity contribution in [3.05, 3.63) is 81.4 Å². The molecule has 1 N–H and O–H groups in total.